The van der Waals surface area contributed by atoms with Crippen LogP contribution in [0.4, 0.5) is 0 Å². The SMILES string of the molecule is C[C@H](NCc1cncn1C)c1cccc(Br)c1. The summed E-state index contributed by atoms with van der Waals surface area (Å²) in [5.74, 6) is 0. The minimum absolute atomic E-state index is 0.322. The summed E-state index contributed by atoms with van der Waals surface area (Å²) in [7, 11) is 2.01. The molecule has 1 atom stereocenters. The zero-order valence-corrected chi connectivity index (χ0v) is 11.6. The second-order valence-corrected chi connectivity index (χ2v) is 5.07. The third-order valence-electron chi connectivity index (χ3n) is 2.85. The molecule has 4 heteroatoms. The van der Waals surface area contributed by atoms with Gasteiger partial charge in [0.1, 0.15) is 0 Å². The van der Waals surface area contributed by atoms with E-state index in [-0.39, 0.29) is 0 Å². The largest absolute Gasteiger partial charge is 0.337 e. The van der Waals surface area contributed by atoms with Crippen LogP contribution in [0.1, 0.15) is 24.2 Å². The van der Waals surface area contributed by atoms with Gasteiger partial charge >= 0.3 is 0 Å². The van der Waals surface area contributed by atoms with Crippen LogP contribution in [0.5, 0.6) is 0 Å². The van der Waals surface area contributed by atoms with Gasteiger partial charge in [-0.2, -0.15) is 0 Å². The summed E-state index contributed by atoms with van der Waals surface area (Å²) in [6, 6.07) is 8.69. The molecular formula is C13H16BrN3. The summed E-state index contributed by atoms with van der Waals surface area (Å²) in [6.07, 6.45) is 3.71. The fourth-order valence-corrected chi connectivity index (χ4v) is 2.12. The molecule has 2 aromatic rings. The third-order valence-corrected chi connectivity index (χ3v) is 3.35. The van der Waals surface area contributed by atoms with Gasteiger partial charge in [-0.3, -0.25) is 0 Å². The summed E-state index contributed by atoms with van der Waals surface area (Å²) in [4.78, 5) is 4.10. The Hall–Kier alpha value is -1.13. The van der Waals surface area contributed by atoms with Gasteiger partial charge in [0.2, 0.25) is 0 Å². The molecule has 1 N–H and O–H groups in total. The Morgan fingerprint density at radius 3 is 2.94 bits per heavy atom. The van der Waals surface area contributed by atoms with E-state index in [0.717, 1.165) is 11.0 Å². The van der Waals surface area contributed by atoms with Crippen molar-refractivity contribution >= 4 is 15.9 Å². The minimum atomic E-state index is 0.322. The van der Waals surface area contributed by atoms with E-state index >= 15 is 0 Å². The number of nitrogens with zero attached hydrogens (tertiary/aromatic N) is 2. The van der Waals surface area contributed by atoms with Gasteiger partial charge in [-0.05, 0) is 24.6 Å². The molecule has 0 saturated heterocycles. The lowest BCUT2D eigenvalue weighted by Crippen LogP contribution is -2.19. The van der Waals surface area contributed by atoms with Crippen molar-refractivity contribution in [3.8, 4) is 0 Å². The zero-order chi connectivity index (χ0) is 12.3. The number of nitrogens with one attached hydrogen (secondary N) is 1. The van der Waals surface area contributed by atoms with E-state index in [0.29, 0.717) is 6.04 Å². The third kappa shape index (κ3) is 3.17. The van der Waals surface area contributed by atoms with E-state index in [2.05, 4.69) is 51.4 Å². The van der Waals surface area contributed by atoms with Crippen molar-refractivity contribution in [2.75, 3.05) is 0 Å². The van der Waals surface area contributed by atoms with Crippen molar-refractivity contribution in [1.82, 2.24) is 14.9 Å². The van der Waals surface area contributed by atoms with Crippen molar-refractivity contribution < 1.29 is 0 Å². The summed E-state index contributed by atoms with van der Waals surface area (Å²) in [6.45, 7) is 2.99. The highest BCUT2D eigenvalue weighted by atomic mass is 79.9. The van der Waals surface area contributed by atoms with Gasteiger partial charge < -0.3 is 9.88 Å². The molecule has 1 aromatic carbocycles. The zero-order valence-electron chi connectivity index (χ0n) is 10.0. The number of aryl methyl sites for hydroxylation is 1. The predicted molar refractivity (Wildman–Crippen MR) is 72.6 cm³/mol. The number of hydrogen-bond acceptors (Lipinski definition) is 2. The molecule has 0 bridgehead atoms. The average molecular weight is 294 g/mol. The molecule has 0 aliphatic carbocycles. The maximum Gasteiger partial charge on any atom is 0.0945 e. The Morgan fingerprint density at radius 1 is 1.47 bits per heavy atom. The van der Waals surface area contributed by atoms with Crippen LogP contribution < -0.4 is 5.32 Å². The molecule has 90 valence electrons. The van der Waals surface area contributed by atoms with Crippen LogP contribution in [-0.2, 0) is 13.6 Å². The predicted octanol–water partition coefficient (Wildman–Crippen LogP) is 3.03. The smallest absolute Gasteiger partial charge is 0.0945 e. The fraction of sp³-hybridized carbons (Fsp3) is 0.308. The van der Waals surface area contributed by atoms with Gasteiger partial charge in [0.05, 0.1) is 12.0 Å². The van der Waals surface area contributed by atoms with Crippen molar-refractivity contribution in [2.45, 2.75) is 19.5 Å². The topological polar surface area (TPSA) is 29.9 Å². The quantitative estimate of drug-likeness (QED) is 0.939. The van der Waals surface area contributed by atoms with Crippen LogP contribution in [0.3, 0.4) is 0 Å². The molecule has 0 fully saturated rings. The van der Waals surface area contributed by atoms with Crippen molar-refractivity contribution in [3.05, 3.63) is 52.5 Å². The van der Waals surface area contributed by atoms with Gasteiger partial charge in [0, 0.05) is 30.3 Å². The number of halogens is 1. The van der Waals surface area contributed by atoms with E-state index in [9.17, 15) is 0 Å². The van der Waals surface area contributed by atoms with Crippen molar-refractivity contribution in [2.24, 2.45) is 7.05 Å². The van der Waals surface area contributed by atoms with Crippen LogP contribution in [0.25, 0.3) is 0 Å². The van der Waals surface area contributed by atoms with Gasteiger partial charge in [-0.15, -0.1) is 0 Å². The molecule has 0 saturated carbocycles. The second kappa shape index (κ2) is 5.47. The van der Waals surface area contributed by atoms with E-state index < -0.39 is 0 Å². The molecule has 0 aliphatic rings. The molecule has 1 heterocycles. The molecule has 0 spiro atoms. The van der Waals surface area contributed by atoms with Gasteiger partial charge in [-0.25, -0.2) is 4.98 Å². The maximum atomic E-state index is 4.10. The number of aromatic nitrogens is 2. The first kappa shape index (κ1) is 12.3. The lowest BCUT2D eigenvalue weighted by Gasteiger charge is -2.14. The standard InChI is InChI=1S/C13H16BrN3/c1-10(11-4-3-5-12(14)6-11)16-8-13-7-15-9-17(13)2/h3-7,9-10,16H,8H2,1-2H3/t10-/m0/s1. The van der Waals surface area contributed by atoms with Crippen LogP contribution in [0, 0.1) is 0 Å². The average Bonchev–Trinajstić information content (AvgIpc) is 2.72. The molecule has 1 aromatic heterocycles. The first-order valence-corrected chi connectivity index (χ1v) is 6.40. The highest BCUT2D eigenvalue weighted by Crippen LogP contribution is 2.18. The summed E-state index contributed by atoms with van der Waals surface area (Å²) < 4.78 is 3.14. The summed E-state index contributed by atoms with van der Waals surface area (Å²) in [5, 5.41) is 3.49. The highest BCUT2D eigenvalue weighted by molar-refractivity contribution is 9.10. The van der Waals surface area contributed by atoms with Crippen molar-refractivity contribution in [3.63, 3.8) is 0 Å². The molecule has 17 heavy (non-hydrogen) atoms. The Labute approximate surface area is 110 Å². The lowest BCUT2D eigenvalue weighted by molar-refractivity contribution is 0.558. The van der Waals surface area contributed by atoms with Crippen LogP contribution >= 0.6 is 15.9 Å². The van der Waals surface area contributed by atoms with Crippen LogP contribution in [0.2, 0.25) is 0 Å². The second-order valence-electron chi connectivity index (χ2n) is 4.15. The van der Waals surface area contributed by atoms with E-state index in [1.54, 1.807) is 0 Å². The molecule has 0 aliphatic heterocycles. The minimum Gasteiger partial charge on any atom is -0.337 e. The number of imidazole rings is 1. The molecule has 2 rings (SSSR count). The fourth-order valence-electron chi connectivity index (χ4n) is 1.71. The van der Waals surface area contributed by atoms with Gasteiger partial charge in [-0.1, -0.05) is 28.1 Å². The number of hydrogen-bond donors (Lipinski definition) is 1. The maximum absolute atomic E-state index is 4.10. The highest BCUT2D eigenvalue weighted by Gasteiger charge is 2.06. The first-order chi connectivity index (χ1) is 8.16. The summed E-state index contributed by atoms with van der Waals surface area (Å²) in [5.41, 5.74) is 2.47. The summed E-state index contributed by atoms with van der Waals surface area (Å²) >= 11 is 3.49. The lowest BCUT2D eigenvalue weighted by atomic mass is 10.1. The molecule has 0 unspecified atom stereocenters. The van der Waals surface area contributed by atoms with E-state index in [1.807, 2.05) is 30.2 Å². The van der Waals surface area contributed by atoms with E-state index in [1.165, 1.54) is 11.3 Å². The molecule has 0 radical (unpaired) electrons. The Balaban J connectivity index is 1.98. The Kier molecular flexibility index (Phi) is 3.97. The number of benzene rings is 1. The van der Waals surface area contributed by atoms with Crippen LogP contribution in [-0.4, -0.2) is 9.55 Å². The van der Waals surface area contributed by atoms with Gasteiger partial charge in [0.15, 0.2) is 0 Å². The van der Waals surface area contributed by atoms with Crippen molar-refractivity contribution in [1.29, 1.82) is 0 Å². The molecule has 3 nitrogen and oxygen atoms in total. The molecular weight excluding hydrogens is 278 g/mol. The Morgan fingerprint density at radius 2 is 2.29 bits per heavy atom. The van der Waals surface area contributed by atoms with E-state index in [4.69, 9.17) is 0 Å². The number of rotatable bonds is 4. The Bertz CT molecular complexity index is 493. The molecule has 0 amide bonds. The monoisotopic (exact) mass is 293 g/mol. The normalized spacial score (nSPS) is 12.6. The first-order valence-electron chi connectivity index (χ1n) is 5.61. The van der Waals surface area contributed by atoms with Crippen LogP contribution in [0.15, 0.2) is 41.3 Å². The van der Waals surface area contributed by atoms with Gasteiger partial charge in [0.25, 0.3) is 0 Å².